The van der Waals surface area contributed by atoms with Gasteiger partial charge in [-0.05, 0) is 91.0 Å². The molecule has 0 aliphatic carbocycles. The fourth-order valence-electron chi connectivity index (χ4n) is 4.41. The van der Waals surface area contributed by atoms with Crippen molar-refractivity contribution in [3.8, 4) is 17.0 Å². The Morgan fingerprint density at radius 3 is 2.55 bits per heavy atom. The van der Waals surface area contributed by atoms with Crippen LogP contribution < -0.4 is 15.5 Å². The molecule has 40 heavy (non-hydrogen) atoms. The maximum Gasteiger partial charge on any atom is 0.290 e. The third-order valence-electron chi connectivity index (χ3n) is 6.44. The molecule has 2 amide bonds. The van der Waals surface area contributed by atoms with Gasteiger partial charge in [-0.25, -0.2) is 8.78 Å². The maximum absolute atomic E-state index is 14.0. The zero-order chi connectivity index (χ0) is 28.4. The molecule has 6 nitrogen and oxygen atoms in total. The second kappa shape index (κ2) is 11.7. The standard InChI is InChI=1S/C30H23ClF2N2O4S/c1-16-4-9-20-24(13-16)34-26(19-8-10-22(32)23(33)15-19)28(27(20)36)39-12-2-3-18-7-5-17(14-21(18)31)6-11-25-29(37)35-30(38)40-25/h4-5,7-11,13-15H,2-3,6,12H2,1H3,(H,34,36)(H,35,37,38). The van der Waals surface area contributed by atoms with Crippen molar-refractivity contribution in [2.75, 3.05) is 6.61 Å². The van der Waals surface area contributed by atoms with Crippen LogP contribution in [0.3, 0.4) is 0 Å². The van der Waals surface area contributed by atoms with Gasteiger partial charge in [0.1, 0.15) is 0 Å². The Morgan fingerprint density at radius 1 is 1.00 bits per heavy atom. The average Bonchev–Trinajstić information content (AvgIpc) is 3.25. The lowest BCUT2D eigenvalue weighted by molar-refractivity contribution is -0.115. The SMILES string of the molecule is Cc1ccc2c(=O)c(OCCCc3ccc(CC=C4SC(=O)NC4=O)cc3Cl)c(-c3ccc(F)c(F)c3)[nH]c2c1. The number of H-pyrrole nitrogens is 1. The highest BCUT2D eigenvalue weighted by Gasteiger charge is 2.24. The molecule has 204 valence electrons. The van der Waals surface area contributed by atoms with Crippen LogP contribution in [0.15, 0.2) is 70.4 Å². The van der Waals surface area contributed by atoms with E-state index in [1.165, 1.54) is 6.07 Å². The van der Waals surface area contributed by atoms with Crippen LogP contribution in [-0.4, -0.2) is 22.7 Å². The predicted molar refractivity (Wildman–Crippen MR) is 153 cm³/mol. The molecule has 5 rings (SSSR count). The zero-order valence-corrected chi connectivity index (χ0v) is 22.8. The minimum atomic E-state index is -1.03. The summed E-state index contributed by atoms with van der Waals surface area (Å²) in [6.07, 6.45) is 3.24. The molecule has 1 aliphatic heterocycles. The van der Waals surface area contributed by atoms with E-state index in [4.69, 9.17) is 16.3 Å². The Kier molecular flexibility index (Phi) is 8.04. The lowest BCUT2D eigenvalue weighted by atomic mass is 10.0. The molecule has 10 heteroatoms. The molecule has 1 aliphatic rings. The van der Waals surface area contributed by atoms with Crippen LogP contribution in [0.5, 0.6) is 5.75 Å². The van der Waals surface area contributed by atoms with Crippen LogP contribution in [0.1, 0.15) is 23.1 Å². The normalized spacial score (nSPS) is 14.2. The molecule has 0 radical (unpaired) electrons. The van der Waals surface area contributed by atoms with Crippen molar-refractivity contribution in [3.05, 3.63) is 109 Å². The first-order chi connectivity index (χ1) is 19.2. The summed E-state index contributed by atoms with van der Waals surface area (Å²) in [6, 6.07) is 14.4. The highest BCUT2D eigenvalue weighted by molar-refractivity contribution is 8.18. The number of pyridine rings is 1. The van der Waals surface area contributed by atoms with E-state index >= 15 is 0 Å². The number of rotatable bonds is 8. The smallest absolute Gasteiger partial charge is 0.290 e. The number of halogens is 3. The molecule has 0 spiro atoms. The summed E-state index contributed by atoms with van der Waals surface area (Å²) < 4.78 is 33.6. The molecular weight excluding hydrogens is 558 g/mol. The number of hydrogen-bond acceptors (Lipinski definition) is 5. The predicted octanol–water partition coefficient (Wildman–Crippen LogP) is 6.86. The van der Waals surface area contributed by atoms with Gasteiger partial charge < -0.3 is 9.72 Å². The van der Waals surface area contributed by atoms with Crippen LogP contribution in [0.2, 0.25) is 5.02 Å². The van der Waals surface area contributed by atoms with Gasteiger partial charge in [0.05, 0.1) is 22.7 Å². The topological polar surface area (TPSA) is 88.3 Å². The second-order valence-electron chi connectivity index (χ2n) is 9.33. The monoisotopic (exact) mass is 580 g/mol. The van der Waals surface area contributed by atoms with E-state index in [2.05, 4.69) is 10.3 Å². The van der Waals surface area contributed by atoms with Crippen LogP contribution in [0.25, 0.3) is 22.2 Å². The van der Waals surface area contributed by atoms with Gasteiger partial charge >= 0.3 is 0 Å². The lowest BCUT2D eigenvalue weighted by Crippen LogP contribution is -2.17. The minimum Gasteiger partial charge on any atom is -0.487 e. The number of aromatic amines is 1. The van der Waals surface area contributed by atoms with E-state index in [1.54, 1.807) is 12.1 Å². The van der Waals surface area contributed by atoms with Crippen molar-refractivity contribution < 1.29 is 23.1 Å². The van der Waals surface area contributed by atoms with Gasteiger partial charge in [-0.3, -0.25) is 19.7 Å². The Morgan fingerprint density at radius 2 is 1.82 bits per heavy atom. The zero-order valence-electron chi connectivity index (χ0n) is 21.3. The Balaban J connectivity index is 1.31. The van der Waals surface area contributed by atoms with Gasteiger partial charge in [0.2, 0.25) is 5.43 Å². The first-order valence-corrected chi connectivity index (χ1v) is 13.6. The van der Waals surface area contributed by atoms with Gasteiger partial charge in [-0.15, -0.1) is 0 Å². The van der Waals surface area contributed by atoms with E-state index in [-0.39, 0.29) is 28.7 Å². The van der Waals surface area contributed by atoms with E-state index in [1.807, 2.05) is 37.3 Å². The number of nitrogens with one attached hydrogen (secondary N) is 2. The summed E-state index contributed by atoms with van der Waals surface area (Å²) in [4.78, 5) is 39.9. The van der Waals surface area contributed by atoms with Gasteiger partial charge in [-0.2, -0.15) is 0 Å². The molecule has 0 bridgehead atoms. The van der Waals surface area contributed by atoms with Gasteiger partial charge in [0.25, 0.3) is 11.1 Å². The van der Waals surface area contributed by atoms with E-state index in [0.717, 1.165) is 40.6 Å². The highest BCUT2D eigenvalue weighted by Crippen LogP contribution is 2.30. The number of hydrogen-bond donors (Lipinski definition) is 2. The molecule has 0 atom stereocenters. The number of aromatic nitrogens is 1. The summed E-state index contributed by atoms with van der Waals surface area (Å²) in [7, 11) is 0. The van der Waals surface area contributed by atoms with E-state index < -0.39 is 17.5 Å². The number of thioether (sulfide) groups is 1. The van der Waals surface area contributed by atoms with Crippen molar-refractivity contribution >= 4 is 45.4 Å². The summed E-state index contributed by atoms with van der Waals surface area (Å²) >= 11 is 7.36. The maximum atomic E-state index is 14.0. The number of fused-ring (bicyclic) bond motifs is 1. The highest BCUT2D eigenvalue weighted by atomic mass is 35.5. The minimum absolute atomic E-state index is 0.0316. The van der Waals surface area contributed by atoms with E-state index in [0.29, 0.717) is 45.7 Å². The molecule has 0 saturated carbocycles. The third kappa shape index (κ3) is 5.95. The quantitative estimate of drug-likeness (QED) is 0.176. The Labute approximate surface area is 237 Å². The molecule has 1 aromatic heterocycles. The third-order valence-corrected chi connectivity index (χ3v) is 7.65. The largest absolute Gasteiger partial charge is 0.487 e. The number of imide groups is 1. The molecule has 1 fully saturated rings. The van der Waals surface area contributed by atoms with Gasteiger partial charge in [-0.1, -0.05) is 35.9 Å². The summed E-state index contributed by atoms with van der Waals surface area (Å²) in [5, 5.41) is 2.82. The number of allylic oxidation sites excluding steroid dienone is 1. The van der Waals surface area contributed by atoms with E-state index in [9.17, 15) is 23.2 Å². The number of amides is 2. The van der Waals surface area contributed by atoms with Crippen LogP contribution >= 0.6 is 23.4 Å². The molecule has 4 aromatic rings. The molecule has 2 N–H and O–H groups in total. The van der Waals surface area contributed by atoms with Crippen LogP contribution in [0.4, 0.5) is 13.6 Å². The molecule has 2 heterocycles. The Bertz CT molecular complexity index is 1750. The number of carbonyl (C=O) groups excluding carboxylic acids is 2. The van der Waals surface area contributed by atoms with Crippen molar-refractivity contribution in [3.63, 3.8) is 0 Å². The summed E-state index contributed by atoms with van der Waals surface area (Å²) in [5.41, 5.74) is 3.49. The molecule has 3 aromatic carbocycles. The van der Waals surface area contributed by atoms with Crippen molar-refractivity contribution in [2.24, 2.45) is 0 Å². The van der Waals surface area contributed by atoms with Gasteiger partial charge in [0.15, 0.2) is 17.4 Å². The summed E-state index contributed by atoms with van der Waals surface area (Å²) in [6.45, 7) is 2.07. The molecule has 1 saturated heterocycles. The molecule has 0 unspecified atom stereocenters. The fraction of sp³-hybridized carbons (Fsp3) is 0.167. The molecular formula is C30H23ClF2N2O4S. The number of carbonyl (C=O) groups is 2. The number of ether oxygens (including phenoxy) is 1. The van der Waals surface area contributed by atoms with Crippen molar-refractivity contribution in [1.82, 2.24) is 10.3 Å². The van der Waals surface area contributed by atoms with Gasteiger partial charge in [0, 0.05) is 16.0 Å². The van der Waals surface area contributed by atoms with Crippen LogP contribution in [0, 0.1) is 18.6 Å². The first-order valence-electron chi connectivity index (χ1n) is 12.4. The fourth-order valence-corrected chi connectivity index (χ4v) is 5.36. The first kappa shape index (κ1) is 27.6. The van der Waals surface area contributed by atoms with Crippen molar-refractivity contribution in [1.29, 1.82) is 0 Å². The average molecular weight is 581 g/mol. The lowest BCUT2D eigenvalue weighted by Gasteiger charge is -2.14. The second-order valence-corrected chi connectivity index (χ2v) is 10.8. The van der Waals surface area contributed by atoms with Crippen LogP contribution in [-0.2, 0) is 17.6 Å². The number of benzene rings is 3. The summed E-state index contributed by atoms with van der Waals surface area (Å²) in [5.74, 6) is -2.38. The number of aryl methyl sites for hydroxylation is 2. The Hall–Kier alpha value is -3.95. The van der Waals surface area contributed by atoms with Crippen molar-refractivity contribution in [2.45, 2.75) is 26.2 Å².